The Labute approximate surface area is 115 Å². The Balaban J connectivity index is 2.69. The van der Waals surface area contributed by atoms with Crippen LogP contribution in [0.2, 0.25) is 0 Å². The van der Waals surface area contributed by atoms with Crippen LogP contribution in [-0.4, -0.2) is 32.8 Å². The molecule has 3 nitrogen and oxygen atoms in total. The van der Waals surface area contributed by atoms with Gasteiger partial charge in [0.1, 0.15) is 5.82 Å². The highest BCUT2D eigenvalue weighted by molar-refractivity contribution is 5.48. The molecule has 0 aliphatic heterocycles. The molecule has 0 saturated heterocycles. The van der Waals surface area contributed by atoms with Crippen molar-refractivity contribution >= 4 is 5.69 Å². The molecule has 0 atom stereocenters. The number of methoxy groups -OCH3 is 1. The van der Waals surface area contributed by atoms with Crippen LogP contribution in [0.3, 0.4) is 0 Å². The van der Waals surface area contributed by atoms with E-state index in [1.54, 1.807) is 13.2 Å². The van der Waals surface area contributed by atoms with Crippen LogP contribution in [0, 0.1) is 5.82 Å². The molecular weight excluding hydrogens is 243 g/mol. The zero-order valence-electron chi connectivity index (χ0n) is 12.6. The van der Waals surface area contributed by atoms with Gasteiger partial charge in [-0.3, -0.25) is 0 Å². The van der Waals surface area contributed by atoms with Crippen molar-refractivity contribution in [3.63, 3.8) is 0 Å². The van der Waals surface area contributed by atoms with Crippen LogP contribution in [0.25, 0.3) is 0 Å². The molecule has 0 bridgehead atoms. The molecule has 0 saturated carbocycles. The van der Waals surface area contributed by atoms with Gasteiger partial charge in [-0.15, -0.1) is 0 Å². The lowest BCUT2D eigenvalue weighted by molar-refractivity contribution is 0.206. The first kappa shape index (κ1) is 15.9. The van der Waals surface area contributed by atoms with Crippen molar-refractivity contribution in [2.75, 3.05) is 32.2 Å². The van der Waals surface area contributed by atoms with Crippen LogP contribution < -0.4 is 10.2 Å². The number of anilines is 1. The molecule has 1 aromatic rings. The van der Waals surface area contributed by atoms with Crippen LogP contribution in [0.15, 0.2) is 18.2 Å². The molecule has 0 fully saturated rings. The van der Waals surface area contributed by atoms with Crippen LogP contribution in [-0.2, 0) is 11.3 Å². The summed E-state index contributed by atoms with van der Waals surface area (Å²) in [7, 11) is 3.51. The summed E-state index contributed by atoms with van der Waals surface area (Å²) >= 11 is 0. The maximum atomic E-state index is 14.0. The summed E-state index contributed by atoms with van der Waals surface area (Å²) in [6.07, 6.45) is 0. The van der Waals surface area contributed by atoms with Gasteiger partial charge < -0.3 is 15.0 Å². The molecule has 0 aliphatic rings. The van der Waals surface area contributed by atoms with Crippen LogP contribution in [0.5, 0.6) is 0 Å². The summed E-state index contributed by atoms with van der Waals surface area (Å²) < 4.78 is 19.0. The number of hydrogen-bond acceptors (Lipinski definition) is 3. The van der Waals surface area contributed by atoms with E-state index in [0.717, 1.165) is 5.56 Å². The summed E-state index contributed by atoms with van der Waals surface area (Å²) in [5, 5.41) is 3.35. The topological polar surface area (TPSA) is 24.5 Å². The summed E-state index contributed by atoms with van der Waals surface area (Å²) in [6.45, 7) is 8.21. The Morgan fingerprint density at radius 3 is 2.53 bits per heavy atom. The fraction of sp³-hybridized carbons (Fsp3) is 0.600. The number of nitrogens with one attached hydrogen (secondary N) is 1. The third-order valence-electron chi connectivity index (χ3n) is 2.88. The second-order valence-electron chi connectivity index (χ2n) is 5.80. The van der Waals surface area contributed by atoms with Gasteiger partial charge >= 0.3 is 0 Å². The lowest BCUT2D eigenvalue weighted by Crippen LogP contribution is -2.35. The lowest BCUT2D eigenvalue weighted by Gasteiger charge is -2.22. The van der Waals surface area contributed by atoms with E-state index in [-0.39, 0.29) is 11.4 Å². The summed E-state index contributed by atoms with van der Waals surface area (Å²) in [4.78, 5) is 1.86. The van der Waals surface area contributed by atoms with E-state index < -0.39 is 0 Å². The van der Waals surface area contributed by atoms with Crippen molar-refractivity contribution in [1.82, 2.24) is 5.32 Å². The lowest BCUT2D eigenvalue weighted by atomic mass is 10.1. The molecule has 0 heterocycles. The minimum Gasteiger partial charge on any atom is -0.383 e. The first-order valence-corrected chi connectivity index (χ1v) is 6.57. The van der Waals surface area contributed by atoms with Gasteiger partial charge in [0, 0.05) is 32.8 Å². The SMILES string of the molecule is COCCN(C)c1ccc(CNC(C)(C)C)cc1F. The van der Waals surface area contributed by atoms with Gasteiger partial charge in [-0.25, -0.2) is 4.39 Å². The predicted molar refractivity (Wildman–Crippen MR) is 78.1 cm³/mol. The minimum atomic E-state index is -0.188. The van der Waals surface area contributed by atoms with Crippen molar-refractivity contribution in [2.45, 2.75) is 32.9 Å². The predicted octanol–water partition coefficient (Wildman–Crippen LogP) is 2.80. The van der Waals surface area contributed by atoms with Crippen molar-refractivity contribution < 1.29 is 9.13 Å². The second-order valence-corrected chi connectivity index (χ2v) is 5.80. The molecule has 0 unspecified atom stereocenters. The molecule has 0 radical (unpaired) electrons. The van der Waals surface area contributed by atoms with E-state index in [1.165, 1.54) is 0 Å². The smallest absolute Gasteiger partial charge is 0.146 e. The van der Waals surface area contributed by atoms with Gasteiger partial charge in [0.25, 0.3) is 0 Å². The van der Waals surface area contributed by atoms with Crippen LogP contribution >= 0.6 is 0 Å². The van der Waals surface area contributed by atoms with E-state index in [0.29, 0.717) is 25.4 Å². The second kappa shape index (κ2) is 6.87. The zero-order valence-corrected chi connectivity index (χ0v) is 12.6. The maximum Gasteiger partial charge on any atom is 0.146 e. The molecule has 0 amide bonds. The molecule has 0 aromatic heterocycles. The van der Waals surface area contributed by atoms with E-state index in [4.69, 9.17) is 4.74 Å². The van der Waals surface area contributed by atoms with Gasteiger partial charge in [0.05, 0.1) is 12.3 Å². The summed E-state index contributed by atoms with van der Waals surface area (Å²) in [5.74, 6) is -0.188. The maximum absolute atomic E-state index is 14.0. The third kappa shape index (κ3) is 5.57. The summed E-state index contributed by atoms with van der Waals surface area (Å²) in [5.41, 5.74) is 1.59. The highest BCUT2D eigenvalue weighted by Gasteiger charge is 2.11. The van der Waals surface area contributed by atoms with Gasteiger partial charge in [-0.05, 0) is 38.5 Å². The first-order chi connectivity index (χ1) is 8.83. The Hall–Kier alpha value is -1.13. The Bertz CT molecular complexity index is 402. The highest BCUT2D eigenvalue weighted by atomic mass is 19.1. The van der Waals surface area contributed by atoms with Crippen molar-refractivity contribution in [2.24, 2.45) is 0 Å². The van der Waals surface area contributed by atoms with Crippen molar-refractivity contribution in [1.29, 1.82) is 0 Å². The fourth-order valence-electron chi connectivity index (χ4n) is 1.69. The highest BCUT2D eigenvalue weighted by Crippen LogP contribution is 2.19. The molecule has 108 valence electrons. The number of rotatable bonds is 6. The minimum absolute atomic E-state index is 0.0321. The summed E-state index contributed by atoms with van der Waals surface area (Å²) in [6, 6.07) is 5.38. The standard InChI is InChI=1S/C15H25FN2O/c1-15(2,3)17-11-12-6-7-14(13(16)10-12)18(4)8-9-19-5/h6-7,10,17H,8-9,11H2,1-5H3. The van der Waals surface area contributed by atoms with Gasteiger partial charge in [0.15, 0.2) is 0 Å². The quantitative estimate of drug-likeness (QED) is 0.858. The first-order valence-electron chi connectivity index (χ1n) is 6.57. The fourth-order valence-corrected chi connectivity index (χ4v) is 1.69. The number of ether oxygens (including phenoxy) is 1. The monoisotopic (exact) mass is 268 g/mol. The average Bonchev–Trinajstić information content (AvgIpc) is 2.32. The van der Waals surface area contributed by atoms with E-state index in [2.05, 4.69) is 26.1 Å². The molecule has 4 heteroatoms. The van der Waals surface area contributed by atoms with Gasteiger partial charge in [-0.1, -0.05) is 6.07 Å². The largest absolute Gasteiger partial charge is 0.383 e. The van der Waals surface area contributed by atoms with Gasteiger partial charge in [-0.2, -0.15) is 0 Å². The number of nitrogens with zero attached hydrogens (tertiary/aromatic N) is 1. The Morgan fingerprint density at radius 2 is 2.00 bits per heavy atom. The molecule has 19 heavy (non-hydrogen) atoms. The molecular formula is C15H25FN2O. The van der Waals surface area contributed by atoms with Gasteiger partial charge in [0.2, 0.25) is 0 Å². The molecule has 0 spiro atoms. The van der Waals surface area contributed by atoms with E-state index >= 15 is 0 Å². The van der Waals surface area contributed by atoms with Crippen LogP contribution in [0.1, 0.15) is 26.3 Å². The van der Waals surface area contributed by atoms with E-state index in [1.807, 2.05) is 24.1 Å². The van der Waals surface area contributed by atoms with Crippen molar-refractivity contribution in [3.8, 4) is 0 Å². The average molecular weight is 268 g/mol. The normalized spacial score (nSPS) is 11.7. The molecule has 1 N–H and O–H groups in total. The number of benzene rings is 1. The Kier molecular flexibility index (Phi) is 5.76. The third-order valence-corrected chi connectivity index (χ3v) is 2.88. The molecule has 1 rings (SSSR count). The van der Waals surface area contributed by atoms with Crippen LogP contribution in [0.4, 0.5) is 10.1 Å². The zero-order chi connectivity index (χ0) is 14.5. The van der Waals surface area contributed by atoms with Crippen molar-refractivity contribution in [3.05, 3.63) is 29.6 Å². The Morgan fingerprint density at radius 1 is 1.32 bits per heavy atom. The van der Waals surface area contributed by atoms with E-state index in [9.17, 15) is 4.39 Å². The number of hydrogen-bond donors (Lipinski definition) is 1. The molecule has 0 aliphatic carbocycles. The number of likely N-dealkylation sites (N-methyl/N-ethyl adjacent to an activating group) is 1. The number of halogens is 1. The molecule has 1 aromatic carbocycles.